The molecule has 0 aromatic carbocycles. The van der Waals surface area contributed by atoms with Gasteiger partial charge in [0.05, 0.1) is 5.39 Å². The van der Waals surface area contributed by atoms with E-state index in [0.717, 1.165) is 29.0 Å². The summed E-state index contributed by atoms with van der Waals surface area (Å²) < 4.78 is 0. The lowest BCUT2D eigenvalue weighted by Crippen LogP contribution is -2.14. The molecule has 0 amide bonds. The predicted molar refractivity (Wildman–Crippen MR) is 83.8 cm³/mol. The average Bonchev–Trinajstić information content (AvgIpc) is 2.82. The summed E-state index contributed by atoms with van der Waals surface area (Å²) in [5.74, 6) is 1.91. The quantitative estimate of drug-likeness (QED) is 0.846. The summed E-state index contributed by atoms with van der Waals surface area (Å²) in [7, 11) is 0. The zero-order chi connectivity index (χ0) is 13.8. The molecule has 0 bridgehead atoms. The Bertz CT molecular complexity index is 546. The average molecular weight is 278 g/mol. The molecule has 0 aliphatic rings. The van der Waals surface area contributed by atoms with Crippen LogP contribution in [0.15, 0.2) is 6.07 Å². The van der Waals surface area contributed by atoms with E-state index in [4.69, 9.17) is 5.73 Å². The molecule has 0 atom stereocenters. The van der Waals surface area contributed by atoms with Gasteiger partial charge in [-0.3, -0.25) is 0 Å². The Balaban J connectivity index is 2.28. The normalized spacial score (nSPS) is 11.4. The second-order valence-electron chi connectivity index (χ2n) is 4.78. The molecule has 2 heterocycles. The van der Waals surface area contributed by atoms with Crippen molar-refractivity contribution in [1.29, 1.82) is 0 Å². The van der Waals surface area contributed by atoms with Crippen LogP contribution in [0.25, 0.3) is 10.2 Å². The van der Waals surface area contributed by atoms with Gasteiger partial charge in [-0.2, -0.15) is 4.98 Å². The van der Waals surface area contributed by atoms with Crippen molar-refractivity contribution in [2.45, 2.75) is 40.0 Å². The van der Waals surface area contributed by atoms with Crippen LogP contribution in [0, 0.1) is 5.92 Å². The topological polar surface area (TPSA) is 63.8 Å². The number of nitrogen functional groups attached to an aromatic ring is 1. The molecular weight excluding hydrogens is 256 g/mol. The van der Waals surface area contributed by atoms with Crippen LogP contribution >= 0.6 is 11.3 Å². The van der Waals surface area contributed by atoms with Crippen molar-refractivity contribution in [2.24, 2.45) is 5.92 Å². The first kappa shape index (κ1) is 14.1. The zero-order valence-electron chi connectivity index (χ0n) is 11.9. The summed E-state index contributed by atoms with van der Waals surface area (Å²) in [5, 5.41) is 4.54. The molecule has 0 aliphatic heterocycles. The van der Waals surface area contributed by atoms with Crippen molar-refractivity contribution in [3.63, 3.8) is 0 Å². The number of aromatic nitrogens is 2. The molecule has 0 aliphatic carbocycles. The second-order valence-corrected chi connectivity index (χ2v) is 5.89. The van der Waals surface area contributed by atoms with Crippen LogP contribution in [-0.4, -0.2) is 16.5 Å². The van der Waals surface area contributed by atoms with E-state index in [1.165, 1.54) is 17.7 Å². The summed E-state index contributed by atoms with van der Waals surface area (Å²) in [5.41, 5.74) is 5.79. The van der Waals surface area contributed by atoms with Crippen LogP contribution in [0.5, 0.6) is 0 Å². The first-order chi connectivity index (χ1) is 9.17. The van der Waals surface area contributed by atoms with Gasteiger partial charge in [0.15, 0.2) is 0 Å². The van der Waals surface area contributed by atoms with Crippen LogP contribution < -0.4 is 11.1 Å². The molecule has 4 nitrogen and oxygen atoms in total. The number of nitrogens with zero attached hydrogens (tertiary/aromatic N) is 2. The van der Waals surface area contributed by atoms with Crippen LogP contribution in [0.3, 0.4) is 0 Å². The van der Waals surface area contributed by atoms with Crippen LogP contribution in [-0.2, 0) is 6.42 Å². The number of thiophene rings is 1. The van der Waals surface area contributed by atoms with E-state index < -0.39 is 0 Å². The van der Waals surface area contributed by atoms with Crippen molar-refractivity contribution in [3.8, 4) is 0 Å². The summed E-state index contributed by atoms with van der Waals surface area (Å²) in [4.78, 5) is 11.0. The van der Waals surface area contributed by atoms with Crippen molar-refractivity contribution in [3.05, 3.63) is 10.9 Å². The number of hydrogen-bond donors (Lipinski definition) is 2. The van der Waals surface area contributed by atoms with Gasteiger partial charge in [-0.25, -0.2) is 4.98 Å². The molecule has 5 heteroatoms. The third-order valence-corrected chi connectivity index (χ3v) is 4.70. The fraction of sp³-hybridized carbons (Fsp3) is 0.571. The highest BCUT2D eigenvalue weighted by Crippen LogP contribution is 2.30. The van der Waals surface area contributed by atoms with Gasteiger partial charge in [0.2, 0.25) is 5.95 Å². The molecule has 0 radical (unpaired) electrons. The first-order valence-electron chi connectivity index (χ1n) is 6.97. The van der Waals surface area contributed by atoms with Crippen molar-refractivity contribution in [1.82, 2.24) is 9.97 Å². The Morgan fingerprint density at radius 1 is 1.26 bits per heavy atom. The summed E-state index contributed by atoms with van der Waals surface area (Å²) in [6, 6.07) is 2.18. The molecule has 3 N–H and O–H groups in total. The van der Waals surface area contributed by atoms with E-state index in [-0.39, 0.29) is 0 Å². The van der Waals surface area contributed by atoms with Crippen molar-refractivity contribution in [2.75, 3.05) is 17.6 Å². The Morgan fingerprint density at radius 3 is 2.63 bits per heavy atom. The number of rotatable bonds is 6. The molecule has 0 saturated carbocycles. The highest BCUT2D eigenvalue weighted by atomic mass is 32.1. The number of nitrogens with two attached hydrogens (primary N) is 1. The lowest BCUT2D eigenvalue weighted by Gasteiger charge is -2.14. The SMILES string of the molecule is CCc1cc2c(NCC(CC)CC)nc(N)nc2s1. The number of aryl methyl sites for hydroxylation is 1. The molecule has 19 heavy (non-hydrogen) atoms. The van der Waals surface area contributed by atoms with Crippen molar-refractivity contribution >= 4 is 33.3 Å². The fourth-order valence-corrected chi connectivity index (χ4v) is 3.09. The lowest BCUT2D eigenvalue weighted by molar-refractivity contribution is 0.518. The number of hydrogen-bond acceptors (Lipinski definition) is 5. The molecule has 0 fully saturated rings. The van der Waals surface area contributed by atoms with Crippen LogP contribution in [0.4, 0.5) is 11.8 Å². The molecule has 104 valence electrons. The fourth-order valence-electron chi connectivity index (χ4n) is 2.12. The maximum absolute atomic E-state index is 5.79. The van der Waals surface area contributed by atoms with Gasteiger partial charge in [0, 0.05) is 11.4 Å². The van der Waals surface area contributed by atoms with Crippen LogP contribution in [0.1, 0.15) is 38.5 Å². The molecule has 2 aromatic heterocycles. The standard InChI is InChI=1S/C14H22N4S/c1-4-9(5-2)8-16-12-11-7-10(6-3)19-13(11)18-14(15)17-12/h7,9H,4-6,8H2,1-3H3,(H3,15,16,17,18). The lowest BCUT2D eigenvalue weighted by atomic mass is 10.0. The van der Waals surface area contributed by atoms with E-state index in [1.807, 2.05) is 0 Å². The van der Waals surface area contributed by atoms with Gasteiger partial charge in [0.1, 0.15) is 10.6 Å². The molecule has 0 unspecified atom stereocenters. The Morgan fingerprint density at radius 2 is 2.00 bits per heavy atom. The molecular formula is C14H22N4S. The van der Waals surface area contributed by atoms with E-state index >= 15 is 0 Å². The number of anilines is 2. The van der Waals surface area contributed by atoms with E-state index in [1.54, 1.807) is 11.3 Å². The molecule has 0 spiro atoms. The Labute approximate surface area is 118 Å². The smallest absolute Gasteiger partial charge is 0.223 e. The van der Waals surface area contributed by atoms with Gasteiger partial charge < -0.3 is 11.1 Å². The number of fused-ring (bicyclic) bond motifs is 1. The largest absolute Gasteiger partial charge is 0.369 e. The Kier molecular flexibility index (Phi) is 4.58. The minimum atomic E-state index is 0.351. The predicted octanol–water partition coefficient (Wildman–Crippen LogP) is 3.68. The van der Waals surface area contributed by atoms with Gasteiger partial charge in [-0.05, 0) is 18.4 Å². The van der Waals surface area contributed by atoms with Gasteiger partial charge >= 0.3 is 0 Å². The molecule has 0 saturated heterocycles. The third-order valence-electron chi connectivity index (χ3n) is 3.52. The number of nitrogens with one attached hydrogen (secondary N) is 1. The third kappa shape index (κ3) is 3.15. The van der Waals surface area contributed by atoms with E-state index in [0.29, 0.717) is 11.9 Å². The van der Waals surface area contributed by atoms with E-state index in [9.17, 15) is 0 Å². The zero-order valence-corrected chi connectivity index (χ0v) is 12.7. The minimum Gasteiger partial charge on any atom is -0.369 e. The summed E-state index contributed by atoms with van der Waals surface area (Å²) in [6.45, 7) is 7.54. The summed E-state index contributed by atoms with van der Waals surface area (Å²) in [6.07, 6.45) is 3.38. The monoisotopic (exact) mass is 278 g/mol. The first-order valence-corrected chi connectivity index (χ1v) is 7.79. The summed E-state index contributed by atoms with van der Waals surface area (Å²) >= 11 is 1.70. The van der Waals surface area contributed by atoms with Crippen LogP contribution in [0.2, 0.25) is 0 Å². The minimum absolute atomic E-state index is 0.351. The van der Waals surface area contributed by atoms with E-state index in [2.05, 4.69) is 42.1 Å². The van der Waals surface area contributed by atoms with Gasteiger partial charge in [-0.15, -0.1) is 11.3 Å². The highest BCUT2D eigenvalue weighted by molar-refractivity contribution is 7.18. The Hall–Kier alpha value is -1.36. The van der Waals surface area contributed by atoms with Crippen molar-refractivity contribution < 1.29 is 0 Å². The van der Waals surface area contributed by atoms with Gasteiger partial charge in [0.25, 0.3) is 0 Å². The molecule has 2 rings (SSSR count). The second kappa shape index (κ2) is 6.19. The molecule has 2 aromatic rings. The highest BCUT2D eigenvalue weighted by Gasteiger charge is 2.11. The van der Waals surface area contributed by atoms with Gasteiger partial charge in [-0.1, -0.05) is 33.6 Å². The maximum atomic E-state index is 5.79. The maximum Gasteiger partial charge on any atom is 0.223 e.